The Bertz CT molecular complexity index is 843. The van der Waals surface area contributed by atoms with Crippen LogP contribution in [0.15, 0.2) is 34.7 Å². The zero-order chi connectivity index (χ0) is 17.6. The average Bonchev–Trinajstić information content (AvgIpc) is 3.02. The molecule has 5 heteroatoms. The number of hydrogen-bond acceptors (Lipinski definition) is 4. The van der Waals surface area contributed by atoms with Crippen molar-refractivity contribution in [3.63, 3.8) is 0 Å². The fraction of sp³-hybridized carbons (Fsp3) is 0.400. The van der Waals surface area contributed by atoms with Crippen molar-refractivity contribution in [1.82, 2.24) is 4.90 Å². The third-order valence-electron chi connectivity index (χ3n) is 5.16. The van der Waals surface area contributed by atoms with Crippen molar-refractivity contribution in [3.05, 3.63) is 53.0 Å². The second-order valence-corrected chi connectivity index (χ2v) is 7.09. The summed E-state index contributed by atoms with van der Waals surface area (Å²) in [6.07, 6.45) is 1.68. The summed E-state index contributed by atoms with van der Waals surface area (Å²) in [6, 6.07) is 9.24. The van der Waals surface area contributed by atoms with E-state index < -0.39 is 5.60 Å². The molecule has 130 valence electrons. The Balaban J connectivity index is 1.49. The van der Waals surface area contributed by atoms with Gasteiger partial charge < -0.3 is 14.1 Å². The SMILES string of the molecule is Cc1ccc2c(c1)C(=O)CC1(CCN(C(=O)c3ccc(C)o3)CC1)O2. The van der Waals surface area contributed by atoms with E-state index in [4.69, 9.17) is 9.15 Å². The molecular weight excluding hydrogens is 318 g/mol. The number of amides is 1. The van der Waals surface area contributed by atoms with Gasteiger partial charge in [0.1, 0.15) is 17.1 Å². The molecule has 2 aliphatic rings. The van der Waals surface area contributed by atoms with Gasteiger partial charge in [0.2, 0.25) is 0 Å². The highest BCUT2D eigenvalue weighted by Gasteiger charge is 2.43. The van der Waals surface area contributed by atoms with Crippen molar-refractivity contribution >= 4 is 11.7 Å². The Morgan fingerprint density at radius 1 is 1.12 bits per heavy atom. The summed E-state index contributed by atoms with van der Waals surface area (Å²) >= 11 is 0. The Kier molecular flexibility index (Phi) is 3.67. The number of ketones is 1. The number of fused-ring (bicyclic) bond motifs is 1. The van der Waals surface area contributed by atoms with Gasteiger partial charge in [-0.2, -0.15) is 0 Å². The summed E-state index contributed by atoms with van der Waals surface area (Å²) in [5.74, 6) is 1.80. The molecule has 3 heterocycles. The molecule has 0 unspecified atom stereocenters. The Labute approximate surface area is 146 Å². The molecule has 4 rings (SSSR count). The summed E-state index contributed by atoms with van der Waals surface area (Å²) < 4.78 is 11.7. The predicted octanol–water partition coefficient (Wildman–Crippen LogP) is 3.54. The maximum Gasteiger partial charge on any atom is 0.289 e. The van der Waals surface area contributed by atoms with E-state index in [0.717, 1.165) is 11.3 Å². The van der Waals surface area contributed by atoms with Crippen molar-refractivity contribution in [3.8, 4) is 5.75 Å². The molecule has 5 nitrogen and oxygen atoms in total. The van der Waals surface area contributed by atoms with Gasteiger partial charge in [-0.25, -0.2) is 0 Å². The van der Waals surface area contributed by atoms with E-state index in [1.165, 1.54) is 0 Å². The fourth-order valence-electron chi connectivity index (χ4n) is 3.71. The van der Waals surface area contributed by atoms with Gasteiger partial charge in [0.25, 0.3) is 5.91 Å². The second kappa shape index (κ2) is 5.76. The quantitative estimate of drug-likeness (QED) is 0.797. The number of Topliss-reactive ketones (excluding diaryl/α,β-unsaturated/α-hetero) is 1. The summed E-state index contributed by atoms with van der Waals surface area (Å²) in [5.41, 5.74) is 1.24. The number of carbonyl (C=O) groups is 2. The van der Waals surface area contributed by atoms with Gasteiger partial charge in [-0.1, -0.05) is 11.6 Å². The van der Waals surface area contributed by atoms with Crippen LogP contribution in [0, 0.1) is 13.8 Å². The highest BCUT2D eigenvalue weighted by Crippen LogP contribution is 2.39. The summed E-state index contributed by atoms with van der Waals surface area (Å²) in [6.45, 7) is 4.92. The van der Waals surface area contributed by atoms with Gasteiger partial charge in [0.15, 0.2) is 11.5 Å². The average molecular weight is 339 g/mol. The summed E-state index contributed by atoms with van der Waals surface area (Å²) in [4.78, 5) is 26.9. The van der Waals surface area contributed by atoms with E-state index in [1.54, 1.807) is 17.0 Å². The van der Waals surface area contributed by atoms with Crippen LogP contribution in [0.4, 0.5) is 0 Å². The number of benzene rings is 1. The second-order valence-electron chi connectivity index (χ2n) is 7.09. The van der Waals surface area contributed by atoms with E-state index in [-0.39, 0.29) is 11.7 Å². The molecule has 1 saturated heterocycles. The number of furan rings is 1. The number of ether oxygens (including phenoxy) is 1. The van der Waals surface area contributed by atoms with Crippen molar-refractivity contribution in [2.24, 2.45) is 0 Å². The van der Waals surface area contributed by atoms with Gasteiger partial charge in [-0.15, -0.1) is 0 Å². The zero-order valence-electron chi connectivity index (χ0n) is 14.5. The molecule has 0 N–H and O–H groups in total. The predicted molar refractivity (Wildman–Crippen MR) is 92.1 cm³/mol. The topological polar surface area (TPSA) is 59.8 Å². The fourth-order valence-corrected chi connectivity index (χ4v) is 3.71. The van der Waals surface area contributed by atoms with Crippen molar-refractivity contribution in [1.29, 1.82) is 0 Å². The molecule has 1 aromatic carbocycles. The van der Waals surface area contributed by atoms with E-state index in [9.17, 15) is 9.59 Å². The molecule has 25 heavy (non-hydrogen) atoms. The molecule has 1 fully saturated rings. The van der Waals surface area contributed by atoms with Crippen molar-refractivity contribution in [2.75, 3.05) is 13.1 Å². The Hall–Kier alpha value is -2.56. The van der Waals surface area contributed by atoms with Gasteiger partial charge in [0.05, 0.1) is 12.0 Å². The third kappa shape index (κ3) is 2.84. The highest BCUT2D eigenvalue weighted by atomic mass is 16.5. The minimum Gasteiger partial charge on any atom is -0.486 e. The van der Waals surface area contributed by atoms with Crippen LogP contribution in [0.25, 0.3) is 0 Å². The van der Waals surface area contributed by atoms with Crippen LogP contribution in [-0.4, -0.2) is 35.3 Å². The number of rotatable bonds is 1. The number of likely N-dealkylation sites (tertiary alicyclic amines) is 1. The lowest BCUT2D eigenvalue weighted by Crippen LogP contribution is -2.52. The minimum absolute atomic E-state index is 0.0962. The lowest BCUT2D eigenvalue weighted by atomic mass is 9.82. The van der Waals surface area contributed by atoms with Crippen LogP contribution >= 0.6 is 0 Å². The molecule has 0 bridgehead atoms. The van der Waals surface area contributed by atoms with Crippen molar-refractivity contribution in [2.45, 2.75) is 38.7 Å². The monoisotopic (exact) mass is 339 g/mol. The number of aryl methyl sites for hydroxylation is 2. The largest absolute Gasteiger partial charge is 0.486 e. The van der Waals surface area contributed by atoms with Crippen LogP contribution in [-0.2, 0) is 0 Å². The maximum atomic E-state index is 12.6. The van der Waals surface area contributed by atoms with Crippen LogP contribution < -0.4 is 4.74 Å². The number of carbonyl (C=O) groups excluding carboxylic acids is 2. The molecule has 0 aliphatic carbocycles. The molecule has 0 atom stereocenters. The Morgan fingerprint density at radius 3 is 2.56 bits per heavy atom. The third-order valence-corrected chi connectivity index (χ3v) is 5.16. The standard InChI is InChI=1S/C20H21NO4/c1-13-3-5-17-15(11-13)16(22)12-20(25-17)7-9-21(10-8-20)19(23)18-6-4-14(2)24-18/h3-6,11H,7-10,12H2,1-2H3. The minimum atomic E-state index is -0.491. The molecule has 2 aliphatic heterocycles. The summed E-state index contributed by atoms with van der Waals surface area (Å²) in [5, 5.41) is 0. The van der Waals surface area contributed by atoms with E-state index >= 15 is 0 Å². The van der Waals surface area contributed by atoms with Gasteiger partial charge in [-0.3, -0.25) is 9.59 Å². The van der Waals surface area contributed by atoms with Gasteiger partial charge in [0, 0.05) is 25.9 Å². The molecular formula is C20H21NO4. The Morgan fingerprint density at radius 2 is 1.88 bits per heavy atom. The zero-order valence-corrected chi connectivity index (χ0v) is 14.5. The molecule has 1 spiro atoms. The highest BCUT2D eigenvalue weighted by molar-refractivity contribution is 6.00. The first kappa shape index (κ1) is 15.9. The lowest BCUT2D eigenvalue weighted by Gasteiger charge is -2.43. The smallest absolute Gasteiger partial charge is 0.289 e. The normalized spacial score (nSPS) is 18.8. The van der Waals surface area contributed by atoms with Crippen molar-refractivity contribution < 1.29 is 18.7 Å². The van der Waals surface area contributed by atoms with E-state index in [0.29, 0.717) is 49.4 Å². The van der Waals surface area contributed by atoms with Crippen LogP contribution in [0.3, 0.4) is 0 Å². The summed E-state index contributed by atoms with van der Waals surface area (Å²) in [7, 11) is 0. The number of nitrogens with zero attached hydrogens (tertiary/aromatic N) is 1. The van der Waals surface area contributed by atoms with Crippen LogP contribution in [0.1, 0.15) is 51.5 Å². The first-order valence-electron chi connectivity index (χ1n) is 8.64. The molecule has 0 saturated carbocycles. The molecule has 0 radical (unpaired) electrons. The van der Waals surface area contributed by atoms with Gasteiger partial charge in [-0.05, 0) is 38.1 Å². The van der Waals surface area contributed by atoms with E-state index in [1.807, 2.05) is 32.0 Å². The first-order valence-corrected chi connectivity index (χ1v) is 8.64. The van der Waals surface area contributed by atoms with E-state index in [2.05, 4.69) is 0 Å². The van der Waals surface area contributed by atoms with Crippen LogP contribution in [0.5, 0.6) is 5.75 Å². The maximum absolute atomic E-state index is 12.6. The molecule has 1 aromatic heterocycles. The molecule has 1 amide bonds. The van der Waals surface area contributed by atoms with Crippen LogP contribution in [0.2, 0.25) is 0 Å². The number of piperidine rings is 1. The molecule has 2 aromatic rings. The van der Waals surface area contributed by atoms with Gasteiger partial charge >= 0.3 is 0 Å². The number of hydrogen-bond donors (Lipinski definition) is 0. The lowest BCUT2D eigenvalue weighted by molar-refractivity contribution is -0.00646. The first-order chi connectivity index (χ1) is 12.0.